The van der Waals surface area contributed by atoms with Crippen LogP contribution in [-0.2, 0) is 0 Å². The molecule has 1 aromatic rings. The molecule has 18 heavy (non-hydrogen) atoms. The van der Waals surface area contributed by atoms with Gasteiger partial charge in [0.1, 0.15) is 18.2 Å². The first-order valence-electron chi connectivity index (χ1n) is 6.24. The van der Waals surface area contributed by atoms with Crippen molar-refractivity contribution in [2.24, 2.45) is 0 Å². The molecule has 3 nitrogen and oxygen atoms in total. The standard InChI is InChI=1S/C14H22FNO2/c1-4-16(11-14(2,3)17)9-10-18-13-7-5-12(15)6-8-13/h5-8,17H,4,9-11H2,1-3H3. The number of likely N-dealkylation sites (N-methyl/N-ethyl adjacent to an activating group) is 1. The van der Waals surface area contributed by atoms with E-state index in [2.05, 4.69) is 4.90 Å². The predicted molar refractivity (Wildman–Crippen MR) is 70.3 cm³/mol. The first-order valence-corrected chi connectivity index (χ1v) is 6.24. The summed E-state index contributed by atoms with van der Waals surface area (Å²) >= 11 is 0. The third kappa shape index (κ3) is 5.98. The molecule has 1 rings (SSSR count). The number of hydrogen-bond donors (Lipinski definition) is 1. The summed E-state index contributed by atoms with van der Waals surface area (Å²) < 4.78 is 18.2. The average Bonchev–Trinajstić information content (AvgIpc) is 2.29. The summed E-state index contributed by atoms with van der Waals surface area (Å²) in [7, 11) is 0. The summed E-state index contributed by atoms with van der Waals surface area (Å²) in [6.45, 7) is 8.34. The SMILES string of the molecule is CCN(CCOc1ccc(F)cc1)CC(C)(C)O. The number of benzene rings is 1. The van der Waals surface area contributed by atoms with Gasteiger partial charge in [-0.2, -0.15) is 0 Å². The largest absolute Gasteiger partial charge is 0.492 e. The molecule has 0 aromatic heterocycles. The fourth-order valence-corrected chi connectivity index (χ4v) is 1.72. The Kier molecular flexibility index (Phi) is 5.56. The lowest BCUT2D eigenvalue weighted by atomic mass is 10.1. The Bertz CT molecular complexity index is 346. The van der Waals surface area contributed by atoms with Crippen LogP contribution in [0.25, 0.3) is 0 Å². The highest BCUT2D eigenvalue weighted by Crippen LogP contribution is 2.11. The van der Waals surface area contributed by atoms with Crippen molar-refractivity contribution in [2.75, 3.05) is 26.2 Å². The first kappa shape index (κ1) is 14.9. The van der Waals surface area contributed by atoms with Gasteiger partial charge in [0.2, 0.25) is 0 Å². The summed E-state index contributed by atoms with van der Waals surface area (Å²) in [5.74, 6) is 0.398. The van der Waals surface area contributed by atoms with E-state index < -0.39 is 5.60 Å². The van der Waals surface area contributed by atoms with Crippen LogP contribution in [0.4, 0.5) is 4.39 Å². The van der Waals surface area contributed by atoms with E-state index in [1.807, 2.05) is 6.92 Å². The third-order valence-corrected chi connectivity index (χ3v) is 2.55. The van der Waals surface area contributed by atoms with Gasteiger partial charge in [-0.3, -0.25) is 4.90 Å². The summed E-state index contributed by atoms with van der Waals surface area (Å²) in [5, 5.41) is 9.74. The molecule has 1 aromatic carbocycles. The summed E-state index contributed by atoms with van der Waals surface area (Å²) in [5.41, 5.74) is -0.702. The van der Waals surface area contributed by atoms with Crippen LogP contribution >= 0.6 is 0 Å². The van der Waals surface area contributed by atoms with Gasteiger partial charge < -0.3 is 9.84 Å². The minimum absolute atomic E-state index is 0.264. The van der Waals surface area contributed by atoms with Gasteiger partial charge in [0.15, 0.2) is 0 Å². The van der Waals surface area contributed by atoms with Crippen LogP contribution in [0.15, 0.2) is 24.3 Å². The molecule has 102 valence electrons. The van der Waals surface area contributed by atoms with Crippen LogP contribution in [0.2, 0.25) is 0 Å². The van der Waals surface area contributed by atoms with Gasteiger partial charge in [0.25, 0.3) is 0 Å². The molecule has 0 radical (unpaired) electrons. The highest BCUT2D eigenvalue weighted by molar-refractivity contribution is 5.21. The Hall–Kier alpha value is -1.13. The van der Waals surface area contributed by atoms with Crippen molar-refractivity contribution in [2.45, 2.75) is 26.4 Å². The zero-order valence-electron chi connectivity index (χ0n) is 11.3. The Balaban J connectivity index is 2.33. The van der Waals surface area contributed by atoms with E-state index in [0.717, 1.165) is 13.1 Å². The molecule has 0 atom stereocenters. The first-order chi connectivity index (χ1) is 8.40. The number of ether oxygens (including phenoxy) is 1. The molecule has 0 bridgehead atoms. The number of halogens is 1. The fourth-order valence-electron chi connectivity index (χ4n) is 1.72. The molecule has 0 fully saturated rings. The molecule has 0 saturated carbocycles. The van der Waals surface area contributed by atoms with E-state index in [0.29, 0.717) is 18.9 Å². The fraction of sp³-hybridized carbons (Fsp3) is 0.571. The summed E-state index contributed by atoms with van der Waals surface area (Å²) in [6.07, 6.45) is 0. The lowest BCUT2D eigenvalue weighted by Gasteiger charge is -2.27. The topological polar surface area (TPSA) is 32.7 Å². The van der Waals surface area contributed by atoms with Crippen molar-refractivity contribution < 1.29 is 14.2 Å². The van der Waals surface area contributed by atoms with E-state index in [-0.39, 0.29) is 5.82 Å². The van der Waals surface area contributed by atoms with Crippen LogP contribution < -0.4 is 4.74 Å². The van der Waals surface area contributed by atoms with E-state index in [1.54, 1.807) is 26.0 Å². The highest BCUT2D eigenvalue weighted by Gasteiger charge is 2.16. The van der Waals surface area contributed by atoms with Crippen molar-refractivity contribution in [3.05, 3.63) is 30.1 Å². The maximum absolute atomic E-state index is 12.7. The molecule has 0 unspecified atom stereocenters. The van der Waals surface area contributed by atoms with Crippen LogP contribution in [0.3, 0.4) is 0 Å². The van der Waals surface area contributed by atoms with Crippen molar-refractivity contribution in [1.82, 2.24) is 4.90 Å². The normalized spacial score (nSPS) is 11.9. The van der Waals surface area contributed by atoms with E-state index in [4.69, 9.17) is 4.74 Å². The van der Waals surface area contributed by atoms with Crippen LogP contribution in [0.1, 0.15) is 20.8 Å². The molecule has 0 aliphatic heterocycles. The summed E-state index contributed by atoms with van der Waals surface area (Å²) in [4.78, 5) is 2.11. The second kappa shape index (κ2) is 6.71. The maximum atomic E-state index is 12.7. The molecular formula is C14H22FNO2. The van der Waals surface area contributed by atoms with Gasteiger partial charge in [0, 0.05) is 13.1 Å². The Morgan fingerprint density at radius 2 is 1.89 bits per heavy atom. The van der Waals surface area contributed by atoms with Crippen molar-refractivity contribution in [3.63, 3.8) is 0 Å². The van der Waals surface area contributed by atoms with Gasteiger partial charge in [0.05, 0.1) is 5.60 Å². The zero-order chi connectivity index (χ0) is 13.6. The van der Waals surface area contributed by atoms with Gasteiger partial charge in [-0.25, -0.2) is 4.39 Å². The van der Waals surface area contributed by atoms with Crippen LogP contribution in [-0.4, -0.2) is 41.8 Å². The maximum Gasteiger partial charge on any atom is 0.123 e. The minimum Gasteiger partial charge on any atom is -0.492 e. The average molecular weight is 255 g/mol. The molecular weight excluding hydrogens is 233 g/mol. The minimum atomic E-state index is -0.702. The molecule has 0 spiro atoms. The lowest BCUT2D eigenvalue weighted by Crippen LogP contribution is -2.40. The number of rotatable bonds is 7. The molecule has 4 heteroatoms. The van der Waals surface area contributed by atoms with Crippen molar-refractivity contribution >= 4 is 0 Å². The Morgan fingerprint density at radius 3 is 2.39 bits per heavy atom. The third-order valence-electron chi connectivity index (χ3n) is 2.55. The van der Waals surface area contributed by atoms with Gasteiger partial charge in [-0.1, -0.05) is 6.92 Å². The van der Waals surface area contributed by atoms with E-state index >= 15 is 0 Å². The number of nitrogens with zero attached hydrogens (tertiary/aromatic N) is 1. The molecule has 0 amide bonds. The van der Waals surface area contributed by atoms with Crippen molar-refractivity contribution in [1.29, 1.82) is 0 Å². The lowest BCUT2D eigenvalue weighted by molar-refractivity contribution is 0.0340. The number of aliphatic hydroxyl groups is 1. The van der Waals surface area contributed by atoms with Gasteiger partial charge in [-0.05, 0) is 44.7 Å². The van der Waals surface area contributed by atoms with Gasteiger partial charge >= 0.3 is 0 Å². The second-order valence-corrected chi connectivity index (χ2v) is 4.98. The quantitative estimate of drug-likeness (QED) is 0.811. The monoisotopic (exact) mass is 255 g/mol. The Morgan fingerprint density at radius 1 is 1.28 bits per heavy atom. The van der Waals surface area contributed by atoms with E-state index in [9.17, 15) is 9.50 Å². The van der Waals surface area contributed by atoms with E-state index in [1.165, 1.54) is 12.1 Å². The smallest absolute Gasteiger partial charge is 0.123 e. The molecule has 1 N–H and O–H groups in total. The number of hydrogen-bond acceptors (Lipinski definition) is 3. The zero-order valence-corrected chi connectivity index (χ0v) is 11.3. The molecule has 0 heterocycles. The van der Waals surface area contributed by atoms with Crippen molar-refractivity contribution in [3.8, 4) is 5.75 Å². The molecule has 0 aliphatic rings. The van der Waals surface area contributed by atoms with Crippen LogP contribution in [0.5, 0.6) is 5.75 Å². The molecule has 0 saturated heterocycles. The van der Waals surface area contributed by atoms with Crippen LogP contribution in [0, 0.1) is 5.82 Å². The molecule has 0 aliphatic carbocycles. The highest BCUT2D eigenvalue weighted by atomic mass is 19.1. The summed E-state index contributed by atoms with van der Waals surface area (Å²) in [6, 6.07) is 5.98. The Labute approximate surface area is 108 Å². The predicted octanol–water partition coefficient (Wildman–Crippen LogP) is 2.30. The second-order valence-electron chi connectivity index (χ2n) is 4.98. The van der Waals surface area contributed by atoms with Gasteiger partial charge in [-0.15, -0.1) is 0 Å².